The molecule has 0 saturated carbocycles. The normalized spacial score (nSPS) is 19.9. The Morgan fingerprint density at radius 1 is 1.47 bits per heavy atom. The van der Waals surface area contributed by atoms with E-state index in [-0.39, 0.29) is 5.91 Å². The maximum Gasteiger partial charge on any atom is 0.225 e. The van der Waals surface area contributed by atoms with Crippen LogP contribution < -0.4 is 10.6 Å². The summed E-state index contributed by atoms with van der Waals surface area (Å²) in [6.45, 7) is 1.04. The topological polar surface area (TPSA) is 41.1 Å². The van der Waals surface area contributed by atoms with Gasteiger partial charge in [0.25, 0.3) is 0 Å². The van der Waals surface area contributed by atoms with Gasteiger partial charge in [-0.3, -0.25) is 4.79 Å². The van der Waals surface area contributed by atoms with Crippen molar-refractivity contribution in [3.05, 3.63) is 28.7 Å². The molecule has 1 heterocycles. The number of nitrogens with one attached hydrogen (secondary N) is 2. The Bertz CT molecular complexity index is 389. The van der Waals surface area contributed by atoms with Crippen LogP contribution in [-0.4, -0.2) is 18.5 Å². The van der Waals surface area contributed by atoms with E-state index >= 15 is 0 Å². The second-order valence-corrected chi connectivity index (χ2v) is 5.33. The summed E-state index contributed by atoms with van der Waals surface area (Å²) in [5.41, 5.74) is 0.847. The highest BCUT2D eigenvalue weighted by Gasteiger charge is 2.16. The third kappa shape index (κ3) is 4.13. The minimum absolute atomic E-state index is 0.0856. The van der Waals surface area contributed by atoms with Gasteiger partial charge >= 0.3 is 0 Å². The summed E-state index contributed by atoms with van der Waals surface area (Å²) in [5, 5.41) is 6.30. The van der Waals surface area contributed by atoms with Crippen LogP contribution in [0.3, 0.4) is 0 Å². The molecule has 4 heteroatoms. The molecule has 1 aliphatic rings. The first kappa shape index (κ1) is 12.6. The molecular formula is C13H17BrN2O. The molecule has 0 aromatic heterocycles. The molecular weight excluding hydrogens is 280 g/mol. The molecule has 92 valence electrons. The largest absolute Gasteiger partial charge is 0.326 e. The average molecular weight is 297 g/mol. The molecule has 2 rings (SSSR count). The molecule has 1 aromatic rings. The highest BCUT2D eigenvalue weighted by atomic mass is 79.9. The summed E-state index contributed by atoms with van der Waals surface area (Å²) in [7, 11) is 0. The van der Waals surface area contributed by atoms with Crippen molar-refractivity contribution in [2.45, 2.75) is 31.7 Å². The molecule has 1 atom stereocenters. The van der Waals surface area contributed by atoms with Crippen LogP contribution in [0.5, 0.6) is 0 Å². The van der Waals surface area contributed by atoms with Gasteiger partial charge in [0.2, 0.25) is 5.91 Å². The van der Waals surface area contributed by atoms with E-state index in [1.807, 2.05) is 24.3 Å². The molecule has 1 saturated heterocycles. The van der Waals surface area contributed by atoms with E-state index in [4.69, 9.17) is 0 Å². The van der Waals surface area contributed by atoms with Crippen molar-refractivity contribution >= 4 is 27.5 Å². The van der Waals surface area contributed by atoms with E-state index in [0.29, 0.717) is 12.5 Å². The zero-order valence-corrected chi connectivity index (χ0v) is 11.3. The van der Waals surface area contributed by atoms with Crippen molar-refractivity contribution in [2.24, 2.45) is 0 Å². The number of hydrogen-bond acceptors (Lipinski definition) is 2. The number of carbonyl (C=O) groups excluding carboxylic acids is 1. The molecule has 1 aliphatic heterocycles. The molecule has 17 heavy (non-hydrogen) atoms. The molecule has 0 radical (unpaired) electrons. The van der Waals surface area contributed by atoms with E-state index in [2.05, 4.69) is 26.6 Å². The lowest BCUT2D eigenvalue weighted by molar-refractivity contribution is -0.116. The molecule has 1 fully saturated rings. The molecule has 3 nitrogen and oxygen atoms in total. The smallest absolute Gasteiger partial charge is 0.225 e. The van der Waals surface area contributed by atoms with Crippen LogP contribution >= 0.6 is 15.9 Å². The average Bonchev–Trinajstić information content (AvgIpc) is 2.30. The van der Waals surface area contributed by atoms with Crippen molar-refractivity contribution in [1.29, 1.82) is 0 Å². The number of halogens is 1. The summed E-state index contributed by atoms with van der Waals surface area (Å²) in [5.74, 6) is 0.0856. The maximum atomic E-state index is 11.8. The van der Waals surface area contributed by atoms with Crippen LogP contribution in [-0.2, 0) is 4.79 Å². The lowest BCUT2D eigenvalue weighted by atomic mass is 10.0. The first-order valence-corrected chi connectivity index (χ1v) is 6.82. The number of piperidine rings is 1. The number of amides is 1. The van der Waals surface area contributed by atoms with Gasteiger partial charge in [0.05, 0.1) is 0 Å². The van der Waals surface area contributed by atoms with Gasteiger partial charge < -0.3 is 10.6 Å². The standard InChI is InChI=1S/C13H17BrN2O/c14-10-4-3-6-12(8-10)16-13(17)9-11-5-1-2-7-15-11/h3-4,6,8,11,15H,1-2,5,7,9H2,(H,16,17). The molecule has 0 bridgehead atoms. The first-order valence-electron chi connectivity index (χ1n) is 6.03. The monoisotopic (exact) mass is 296 g/mol. The zero-order chi connectivity index (χ0) is 12.1. The summed E-state index contributed by atoms with van der Waals surface area (Å²) in [4.78, 5) is 11.8. The third-order valence-electron chi connectivity index (χ3n) is 2.95. The lowest BCUT2D eigenvalue weighted by Crippen LogP contribution is -2.36. The number of carbonyl (C=O) groups is 1. The third-order valence-corrected chi connectivity index (χ3v) is 3.45. The van der Waals surface area contributed by atoms with Gasteiger partial charge in [-0.15, -0.1) is 0 Å². The van der Waals surface area contributed by atoms with Crippen LogP contribution in [0.2, 0.25) is 0 Å². The number of anilines is 1. The maximum absolute atomic E-state index is 11.8. The molecule has 1 unspecified atom stereocenters. The Kier molecular flexibility index (Phi) is 4.57. The Morgan fingerprint density at radius 2 is 2.35 bits per heavy atom. The van der Waals surface area contributed by atoms with Gasteiger partial charge in [-0.25, -0.2) is 0 Å². The van der Waals surface area contributed by atoms with Crippen LogP contribution in [0.1, 0.15) is 25.7 Å². The predicted molar refractivity (Wildman–Crippen MR) is 73.0 cm³/mol. The molecule has 1 aromatic carbocycles. The fraction of sp³-hybridized carbons (Fsp3) is 0.462. The van der Waals surface area contributed by atoms with Gasteiger partial charge in [-0.1, -0.05) is 28.4 Å². The van der Waals surface area contributed by atoms with Gasteiger partial charge in [-0.2, -0.15) is 0 Å². The van der Waals surface area contributed by atoms with Crippen LogP contribution in [0.4, 0.5) is 5.69 Å². The van der Waals surface area contributed by atoms with Crippen molar-refractivity contribution in [3.8, 4) is 0 Å². The Labute approximate surface area is 110 Å². The van der Waals surface area contributed by atoms with E-state index in [0.717, 1.165) is 23.1 Å². The number of benzene rings is 1. The minimum Gasteiger partial charge on any atom is -0.326 e. The number of hydrogen-bond donors (Lipinski definition) is 2. The quantitative estimate of drug-likeness (QED) is 0.900. The second-order valence-electron chi connectivity index (χ2n) is 4.41. The second kappa shape index (κ2) is 6.17. The lowest BCUT2D eigenvalue weighted by Gasteiger charge is -2.22. The van der Waals surface area contributed by atoms with E-state index in [9.17, 15) is 4.79 Å². The highest BCUT2D eigenvalue weighted by Crippen LogP contribution is 2.16. The highest BCUT2D eigenvalue weighted by molar-refractivity contribution is 9.10. The fourth-order valence-corrected chi connectivity index (χ4v) is 2.50. The van der Waals surface area contributed by atoms with E-state index in [1.54, 1.807) is 0 Å². The van der Waals surface area contributed by atoms with Gasteiger partial charge in [0, 0.05) is 22.6 Å². The van der Waals surface area contributed by atoms with Crippen molar-refractivity contribution < 1.29 is 4.79 Å². The van der Waals surface area contributed by atoms with Crippen LogP contribution in [0.15, 0.2) is 28.7 Å². The van der Waals surface area contributed by atoms with Crippen LogP contribution in [0.25, 0.3) is 0 Å². The minimum atomic E-state index is 0.0856. The summed E-state index contributed by atoms with van der Waals surface area (Å²) >= 11 is 3.39. The Morgan fingerprint density at radius 3 is 3.06 bits per heavy atom. The first-order chi connectivity index (χ1) is 8.24. The van der Waals surface area contributed by atoms with E-state index < -0.39 is 0 Å². The molecule has 2 N–H and O–H groups in total. The van der Waals surface area contributed by atoms with Gasteiger partial charge in [0.1, 0.15) is 0 Å². The predicted octanol–water partition coefficient (Wildman–Crippen LogP) is 2.92. The van der Waals surface area contributed by atoms with Crippen molar-refractivity contribution in [1.82, 2.24) is 5.32 Å². The van der Waals surface area contributed by atoms with Crippen molar-refractivity contribution in [3.63, 3.8) is 0 Å². The Balaban J connectivity index is 1.84. The SMILES string of the molecule is O=C(CC1CCCCN1)Nc1cccc(Br)c1. The summed E-state index contributed by atoms with van der Waals surface area (Å²) in [6, 6.07) is 8.01. The summed E-state index contributed by atoms with van der Waals surface area (Å²) < 4.78 is 0.978. The van der Waals surface area contributed by atoms with Crippen molar-refractivity contribution in [2.75, 3.05) is 11.9 Å². The molecule has 0 spiro atoms. The van der Waals surface area contributed by atoms with Gasteiger partial charge in [-0.05, 0) is 37.6 Å². The Hall–Kier alpha value is -0.870. The van der Waals surface area contributed by atoms with E-state index in [1.165, 1.54) is 12.8 Å². The zero-order valence-electron chi connectivity index (χ0n) is 9.71. The number of rotatable bonds is 3. The fourth-order valence-electron chi connectivity index (χ4n) is 2.10. The molecule has 0 aliphatic carbocycles. The molecule has 1 amide bonds. The van der Waals surface area contributed by atoms with Crippen LogP contribution in [0, 0.1) is 0 Å². The summed E-state index contributed by atoms with van der Waals surface area (Å²) in [6.07, 6.45) is 4.12. The van der Waals surface area contributed by atoms with Gasteiger partial charge in [0.15, 0.2) is 0 Å².